The van der Waals surface area contributed by atoms with Crippen molar-refractivity contribution in [3.63, 3.8) is 0 Å². The summed E-state index contributed by atoms with van der Waals surface area (Å²) >= 11 is 1.45. The number of aromatic nitrogens is 3. The maximum absolute atomic E-state index is 8.56. The van der Waals surface area contributed by atoms with Crippen LogP contribution in [0.25, 0.3) is 0 Å². The first-order valence-electron chi connectivity index (χ1n) is 4.67. The van der Waals surface area contributed by atoms with Gasteiger partial charge in [-0.1, -0.05) is 16.9 Å². The van der Waals surface area contributed by atoms with E-state index in [-0.39, 0.29) is 5.84 Å². The Labute approximate surface area is 102 Å². The van der Waals surface area contributed by atoms with Gasteiger partial charge in [0.15, 0.2) is 5.84 Å². The third-order valence-corrected chi connectivity index (χ3v) is 2.82. The second kappa shape index (κ2) is 5.26. The van der Waals surface area contributed by atoms with Crippen molar-refractivity contribution in [3.8, 4) is 0 Å². The average molecular weight is 247 g/mol. The second-order valence-corrected chi connectivity index (χ2v) is 4.11. The molecule has 0 saturated heterocycles. The third-order valence-electron chi connectivity index (χ3n) is 1.88. The van der Waals surface area contributed by atoms with E-state index in [9.17, 15) is 0 Å². The van der Waals surface area contributed by atoms with E-state index in [1.54, 1.807) is 24.5 Å². The number of amidine groups is 1. The molecule has 0 saturated carbocycles. The van der Waals surface area contributed by atoms with E-state index < -0.39 is 0 Å². The Hall–Kier alpha value is -2.15. The molecule has 0 aliphatic rings. The highest BCUT2D eigenvalue weighted by molar-refractivity contribution is 7.99. The van der Waals surface area contributed by atoms with Crippen molar-refractivity contribution in [1.82, 2.24) is 15.0 Å². The third kappa shape index (κ3) is 2.91. The van der Waals surface area contributed by atoms with Crippen LogP contribution in [0.3, 0.4) is 0 Å². The van der Waals surface area contributed by atoms with E-state index in [0.717, 1.165) is 9.92 Å². The Balaban J connectivity index is 2.23. The molecule has 0 radical (unpaired) electrons. The Morgan fingerprint density at radius 3 is 2.88 bits per heavy atom. The summed E-state index contributed by atoms with van der Waals surface area (Å²) in [5, 5.41) is 12.3. The zero-order valence-corrected chi connectivity index (χ0v) is 9.50. The molecule has 0 unspecified atom stereocenters. The number of oxime groups is 1. The minimum Gasteiger partial charge on any atom is -0.409 e. The van der Waals surface area contributed by atoms with Crippen LogP contribution in [0.1, 0.15) is 5.69 Å². The number of nitrogens with two attached hydrogens (primary N) is 1. The molecule has 2 aromatic rings. The van der Waals surface area contributed by atoms with Gasteiger partial charge in [0.25, 0.3) is 0 Å². The first-order chi connectivity index (χ1) is 8.29. The standard InChI is InChI=1S/C10H9N5OS/c11-10(15-16)8-5-7(1-4-13-8)17-9-2-3-12-6-14-9/h1-6,16H,(H2,11,15). The SMILES string of the molecule is NC(=NO)c1cc(Sc2ccncn2)ccn1. The Morgan fingerprint density at radius 1 is 1.29 bits per heavy atom. The highest BCUT2D eigenvalue weighted by Gasteiger charge is 2.04. The number of hydrogen-bond donors (Lipinski definition) is 2. The quantitative estimate of drug-likeness (QED) is 0.277. The van der Waals surface area contributed by atoms with Crippen LogP contribution in [-0.4, -0.2) is 26.0 Å². The summed E-state index contributed by atoms with van der Waals surface area (Å²) in [6, 6.07) is 5.34. The van der Waals surface area contributed by atoms with E-state index in [0.29, 0.717) is 5.69 Å². The fraction of sp³-hybridized carbons (Fsp3) is 0. The van der Waals surface area contributed by atoms with E-state index in [1.165, 1.54) is 18.1 Å². The monoisotopic (exact) mass is 247 g/mol. The molecule has 7 heteroatoms. The Bertz CT molecular complexity index is 531. The Kier molecular flexibility index (Phi) is 3.51. The van der Waals surface area contributed by atoms with Crippen molar-refractivity contribution >= 4 is 17.6 Å². The summed E-state index contributed by atoms with van der Waals surface area (Å²) in [5.41, 5.74) is 5.88. The molecule has 0 aromatic carbocycles. The molecule has 2 aromatic heterocycles. The van der Waals surface area contributed by atoms with E-state index in [1.807, 2.05) is 6.07 Å². The molecule has 6 nitrogen and oxygen atoms in total. The molecule has 2 heterocycles. The van der Waals surface area contributed by atoms with Crippen LogP contribution in [0.15, 0.2) is 52.0 Å². The van der Waals surface area contributed by atoms with Gasteiger partial charge in [0.2, 0.25) is 0 Å². The molecule has 86 valence electrons. The van der Waals surface area contributed by atoms with E-state index in [4.69, 9.17) is 10.9 Å². The predicted octanol–water partition coefficient (Wildman–Crippen LogP) is 1.12. The number of nitrogens with zero attached hydrogens (tertiary/aromatic N) is 4. The lowest BCUT2D eigenvalue weighted by atomic mass is 10.3. The summed E-state index contributed by atoms with van der Waals surface area (Å²) < 4.78 is 0. The molecule has 0 bridgehead atoms. The van der Waals surface area contributed by atoms with Gasteiger partial charge >= 0.3 is 0 Å². The lowest BCUT2D eigenvalue weighted by Gasteiger charge is -2.02. The molecule has 0 amide bonds. The molecule has 0 aliphatic carbocycles. The summed E-state index contributed by atoms with van der Waals surface area (Å²) in [6.07, 6.45) is 4.74. The van der Waals surface area contributed by atoms with Gasteiger partial charge in [-0.05, 0) is 18.2 Å². The topological polar surface area (TPSA) is 97.3 Å². The molecule has 0 aliphatic heterocycles. The molecule has 0 spiro atoms. The highest BCUT2D eigenvalue weighted by Crippen LogP contribution is 2.25. The zero-order valence-electron chi connectivity index (χ0n) is 8.69. The van der Waals surface area contributed by atoms with Crippen molar-refractivity contribution in [1.29, 1.82) is 0 Å². The molecule has 0 atom stereocenters. The van der Waals surface area contributed by atoms with Gasteiger partial charge < -0.3 is 10.9 Å². The van der Waals surface area contributed by atoms with Crippen molar-refractivity contribution in [3.05, 3.63) is 42.6 Å². The van der Waals surface area contributed by atoms with Gasteiger partial charge in [-0.3, -0.25) is 4.98 Å². The second-order valence-electron chi connectivity index (χ2n) is 3.01. The number of pyridine rings is 1. The molecule has 2 rings (SSSR count). The van der Waals surface area contributed by atoms with Crippen molar-refractivity contribution < 1.29 is 5.21 Å². The largest absolute Gasteiger partial charge is 0.409 e. The lowest BCUT2D eigenvalue weighted by molar-refractivity contribution is 0.318. The minimum absolute atomic E-state index is 0.0184. The van der Waals surface area contributed by atoms with Crippen molar-refractivity contribution in [2.75, 3.05) is 0 Å². The van der Waals surface area contributed by atoms with Crippen LogP contribution in [0.4, 0.5) is 0 Å². The molecular weight excluding hydrogens is 238 g/mol. The van der Waals surface area contributed by atoms with Crippen LogP contribution in [0.5, 0.6) is 0 Å². The smallest absolute Gasteiger partial charge is 0.188 e. The maximum Gasteiger partial charge on any atom is 0.188 e. The van der Waals surface area contributed by atoms with Crippen molar-refractivity contribution in [2.24, 2.45) is 10.9 Å². The van der Waals surface area contributed by atoms with Crippen LogP contribution in [0.2, 0.25) is 0 Å². The summed E-state index contributed by atoms with van der Waals surface area (Å²) in [4.78, 5) is 12.8. The number of rotatable bonds is 3. The molecule has 0 fully saturated rings. The van der Waals surface area contributed by atoms with E-state index >= 15 is 0 Å². The molecule has 17 heavy (non-hydrogen) atoms. The van der Waals surface area contributed by atoms with Crippen LogP contribution in [-0.2, 0) is 0 Å². The van der Waals surface area contributed by atoms with Gasteiger partial charge in [0, 0.05) is 17.3 Å². The van der Waals surface area contributed by atoms with Gasteiger partial charge in [-0.2, -0.15) is 0 Å². The van der Waals surface area contributed by atoms with Gasteiger partial charge in [0.05, 0.1) is 0 Å². The van der Waals surface area contributed by atoms with Crippen LogP contribution >= 0.6 is 11.8 Å². The predicted molar refractivity (Wildman–Crippen MR) is 62.9 cm³/mol. The molecule has 3 N–H and O–H groups in total. The van der Waals surface area contributed by atoms with Gasteiger partial charge in [-0.25, -0.2) is 9.97 Å². The fourth-order valence-electron chi connectivity index (χ4n) is 1.13. The van der Waals surface area contributed by atoms with E-state index in [2.05, 4.69) is 20.1 Å². The van der Waals surface area contributed by atoms with Crippen molar-refractivity contribution in [2.45, 2.75) is 9.92 Å². The highest BCUT2D eigenvalue weighted by atomic mass is 32.2. The average Bonchev–Trinajstić information content (AvgIpc) is 2.39. The summed E-state index contributed by atoms with van der Waals surface area (Å²) in [6.45, 7) is 0. The first kappa shape index (κ1) is 11.3. The normalized spacial score (nSPS) is 11.4. The molecular formula is C10H9N5OS. The van der Waals surface area contributed by atoms with Crippen LogP contribution in [0, 0.1) is 0 Å². The van der Waals surface area contributed by atoms with Gasteiger partial charge in [0.1, 0.15) is 17.0 Å². The lowest BCUT2D eigenvalue weighted by Crippen LogP contribution is -2.14. The summed E-state index contributed by atoms with van der Waals surface area (Å²) in [5.74, 6) is -0.0184. The minimum atomic E-state index is -0.0184. The summed E-state index contributed by atoms with van der Waals surface area (Å²) in [7, 11) is 0. The Morgan fingerprint density at radius 2 is 2.18 bits per heavy atom. The first-order valence-corrected chi connectivity index (χ1v) is 5.49. The maximum atomic E-state index is 8.56. The number of hydrogen-bond acceptors (Lipinski definition) is 6. The van der Waals surface area contributed by atoms with Gasteiger partial charge in [-0.15, -0.1) is 0 Å². The zero-order chi connectivity index (χ0) is 12.1. The van der Waals surface area contributed by atoms with Crippen LogP contribution < -0.4 is 5.73 Å². The fourth-order valence-corrected chi connectivity index (χ4v) is 1.90.